The molecule has 0 bridgehead atoms. The highest BCUT2D eigenvalue weighted by molar-refractivity contribution is 9.08. The first-order valence-corrected chi connectivity index (χ1v) is 5.87. The molecule has 0 radical (unpaired) electrons. The lowest BCUT2D eigenvalue weighted by molar-refractivity contribution is 0.336. The number of rotatable bonds is 5. The molecule has 1 aromatic rings. The van der Waals surface area contributed by atoms with Gasteiger partial charge in [-0.15, -0.1) is 0 Å². The van der Waals surface area contributed by atoms with Crippen LogP contribution < -0.4 is 4.74 Å². The molecule has 0 unspecified atom stereocenters. The molecule has 0 spiro atoms. The summed E-state index contributed by atoms with van der Waals surface area (Å²) in [5.41, 5.74) is 1.36. The first kappa shape index (κ1) is 12.5. The predicted molar refractivity (Wildman–Crippen MR) is 64.7 cm³/mol. The van der Waals surface area contributed by atoms with Crippen molar-refractivity contribution in [3.63, 3.8) is 0 Å². The molecule has 0 amide bonds. The van der Waals surface area contributed by atoms with Crippen LogP contribution in [0.3, 0.4) is 0 Å². The van der Waals surface area contributed by atoms with E-state index >= 15 is 0 Å². The van der Waals surface area contributed by atoms with Gasteiger partial charge in [0.2, 0.25) is 0 Å². The minimum Gasteiger partial charge on any atom is -0.489 e. The van der Waals surface area contributed by atoms with Gasteiger partial charge in [-0.05, 0) is 23.8 Å². The van der Waals surface area contributed by atoms with Gasteiger partial charge in [-0.1, -0.05) is 34.1 Å². The second-order valence-corrected chi connectivity index (χ2v) is 4.06. The summed E-state index contributed by atoms with van der Waals surface area (Å²) >= 11 is 9.16. The van der Waals surface area contributed by atoms with Crippen molar-refractivity contribution < 1.29 is 9.13 Å². The van der Waals surface area contributed by atoms with Gasteiger partial charge in [0, 0.05) is 15.9 Å². The molecule has 0 saturated carbocycles. The second kappa shape index (κ2) is 6.13. The standard InChI is InChI=1S/C11H11BrClFO/c1-8(6-14)7-15-11-3-2-10(13)4-9(11)5-12/h2-4H,1,5-7H2. The molecular weight excluding hydrogens is 282 g/mol. The summed E-state index contributed by atoms with van der Waals surface area (Å²) in [6, 6.07) is 5.32. The van der Waals surface area contributed by atoms with E-state index in [2.05, 4.69) is 22.5 Å². The lowest BCUT2D eigenvalue weighted by Gasteiger charge is -2.10. The molecule has 0 atom stereocenters. The predicted octanol–water partition coefficient (Wildman–Crippen LogP) is 4.14. The SMILES string of the molecule is C=C(CF)COc1ccc(Cl)cc1CBr. The lowest BCUT2D eigenvalue weighted by atomic mass is 10.2. The molecule has 0 aliphatic heterocycles. The zero-order valence-electron chi connectivity index (χ0n) is 8.10. The number of ether oxygens (including phenoxy) is 1. The van der Waals surface area contributed by atoms with Crippen LogP contribution in [0.2, 0.25) is 5.02 Å². The molecule has 0 N–H and O–H groups in total. The highest BCUT2D eigenvalue weighted by atomic mass is 79.9. The molecule has 0 heterocycles. The minimum absolute atomic E-state index is 0.193. The van der Waals surface area contributed by atoms with E-state index in [1.165, 1.54) is 0 Å². The van der Waals surface area contributed by atoms with E-state index in [9.17, 15) is 4.39 Å². The Morgan fingerprint density at radius 3 is 2.87 bits per heavy atom. The summed E-state index contributed by atoms with van der Waals surface area (Å²) in [5, 5.41) is 1.30. The van der Waals surface area contributed by atoms with Gasteiger partial charge >= 0.3 is 0 Å². The third kappa shape index (κ3) is 3.84. The monoisotopic (exact) mass is 292 g/mol. The molecule has 1 rings (SSSR count). The van der Waals surface area contributed by atoms with Crippen molar-refractivity contribution in [1.29, 1.82) is 0 Å². The first-order chi connectivity index (χ1) is 7.17. The summed E-state index contributed by atoms with van der Waals surface area (Å²) in [6.07, 6.45) is 0. The zero-order valence-corrected chi connectivity index (χ0v) is 10.4. The highest BCUT2D eigenvalue weighted by Gasteiger charge is 2.04. The second-order valence-electron chi connectivity index (χ2n) is 3.06. The molecule has 0 aromatic heterocycles. The Morgan fingerprint density at radius 2 is 2.27 bits per heavy atom. The third-order valence-electron chi connectivity index (χ3n) is 1.79. The molecule has 0 fully saturated rings. The number of hydrogen-bond acceptors (Lipinski definition) is 1. The van der Waals surface area contributed by atoms with Crippen molar-refractivity contribution in [2.45, 2.75) is 5.33 Å². The van der Waals surface area contributed by atoms with Crippen molar-refractivity contribution in [3.8, 4) is 5.75 Å². The Kier molecular flexibility index (Phi) is 5.12. The number of benzene rings is 1. The van der Waals surface area contributed by atoms with E-state index in [0.29, 0.717) is 21.7 Å². The van der Waals surface area contributed by atoms with Crippen LogP contribution in [0.4, 0.5) is 4.39 Å². The molecule has 1 nitrogen and oxygen atoms in total. The number of alkyl halides is 2. The maximum Gasteiger partial charge on any atom is 0.123 e. The van der Waals surface area contributed by atoms with Gasteiger partial charge in [-0.3, -0.25) is 0 Å². The van der Waals surface area contributed by atoms with Crippen LogP contribution in [0.25, 0.3) is 0 Å². The van der Waals surface area contributed by atoms with E-state index < -0.39 is 6.67 Å². The molecule has 0 aliphatic carbocycles. The Labute approximate surface area is 102 Å². The third-order valence-corrected chi connectivity index (χ3v) is 2.63. The summed E-state index contributed by atoms with van der Waals surface area (Å²) < 4.78 is 17.5. The summed E-state index contributed by atoms with van der Waals surface area (Å²) in [7, 11) is 0. The van der Waals surface area contributed by atoms with Gasteiger partial charge in [-0.25, -0.2) is 4.39 Å². The van der Waals surface area contributed by atoms with Crippen LogP contribution in [-0.4, -0.2) is 13.3 Å². The van der Waals surface area contributed by atoms with Crippen molar-refractivity contribution in [2.75, 3.05) is 13.3 Å². The fourth-order valence-corrected chi connectivity index (χ4v) is 1.64. The average molecular weight is 294 g/mol. The Balaban J connectivity index is 2.72. The van der Waals surface area contributed by atoms with E-state index in [4.69, 9.17) is 16.3 Å². The molecular formula is C11H11BrClFO. The molecule has 4 heteroatoms. The number of halogens is 3. The minimum atomic E-state index is -0.558. The van der Waals surface area contributed by atoms with Crippen LogP contribution in [0.1, 0.15) is 5.56 Å². The van der Waals surface area contributed by atoms with Gasteiger partial charge in [0.1, 0.15) is 19.0 Å². The van der Waals surface area contributed by atoms with Crippen molar-refractivity contribution >= 4 is 27.5 Å². The first-order valence-electron chi connectivity index (χ1n) is 4.37. The molecule has 15 heavy (non-hydrogen) atoms. The van der Waals surface area contributed by atoms with Crippen LogP contribution in [-0.2, 0) is 5.33 Å². The van der Waals surface area contributed by atoms with Crippen LogP contribution in [0.15, 0.2) is 30.4 Å². The maximum atomic E-state index is 12.1. The zero-order chi connectivity index (χ0) is 11.3. The lowest BCUT2D eigenvalue weighted by Crippen LogP contribution is -2.03. The molecule has 0 aliphatic rings. The van der Waals surface area contributed by atoms with Gasteiger partial charge in [0.05, 0.1) is 0 Å². The summed E-state index contributed by atoms with van der Waals surface area (Å²) in [5.74, 6) is 0.700. The maximum absolute atomic E-state index is 12.1. The van der Waals surface area contributed by atoms with E-state index in [0.717, 1.165) is 5.56 Å². The normalized spacial score (nSPS) is 10.1. The van der Waals surface area contributed by atoms with E-state index in [1.54, 1.807) is 12.1 Å². The Hall–Kier alpha value is -0.540. The van der Waals surface area contributed by atoms with Crippen molar-refractivity contribution in [3.05, 3.63) is 40.9 Å². The van der Waals surface area contributed by atoms with E-state index in [1.807, 2.05) is 6.07 Å². The summed E-state index contributed by atoms with van der Waals surface area (Å²) in [6.45, 7) is 3.16. The van der Waals surface area contributed by atoms with Gasteiger partial charge in [0.15, 0.2) is 0 Å². The summed E-state index contributed by atoms with van der Waals surface area (Å²) in [4.78, 5) is 0. The molecule has 1 aromatic carbocycles. The average Bonchev–Trinajstić information content (AvgIpc) is 2.26. The van der Waals surface area contributed by atoms with Gasteiger partial charge in [-0.2, -0.15) is 0 Å². The Morgan fingerprint density at radius 1 is 1.53 bits per heavy atom. The van der Waals surface area contributed by atoms with Crippen LogP contribution in [0, 0.1) is 0 Å². The fraction of sp³-hybridized carbons (Fsp3) is 0.273. The Bertz CT molecular complexity index is 354. The van der Waals surface area contributed by atoms with Gasteiger partial charge in [0.25, 0.3) is 0 Å². The van der Waals surface area contributed by atoms with Crippen LogP contribution in [0.5, 0.6) is 5.75 Å². The topological polar surface area (TPSA) is 9.23 Å². The van der Waals surface area contributed by atoms with Crippen molar-refractivity contribution in [1.82, 2.24) is 0 Å². The fourth-order valence-electron chi connectivity index (χ4n) is 1.01. The van der Waals surface area contributed by atoms with Gasteiger partial charge < -0.3 is 4.74 Å². The van der Waals surface area contributed by atoms with Crippen LogP contribution >= 0.6 is 27.5 Å². The quantitative estimate of drug-likeness (QED) is 0.585. The molecule has 0 saturated heterocycles. The molecule has 82 valence electrons. The van der Waals surface area contributed by atoms with Crippen molar-refractivity contribution in [2.24, 2.45) is 0 Å². The smallest absolute Gasteiger partial charge is 0.123 e. The number of hydrogen-bond donors (Lipinski definition) is 0. The largest absolute Gasteiger partial charge is 0.489 e. The van der Waals surface area contributed by atoms with E-state index in [-0.39, 0.29) is 6.61 Å². The highest BCUT2D eigenvalue weighted by Crippen LogP contribution is 2.25.